The van der Waals surface area contributed by atoms with Crippen molar-refractivity contribution in [2.75, 3.05) is 19.0 Å². The number of carbonyl (C=O) groups is 2. The largest absolute Gasteiger partial charge is 0.496 e. The third kappa shape index (κ3) is 4.46. The first-order valence-corrected chi connectivity index (χ1v) is 7.65. The Kier molecular flexibility index (Phi) is 6.14. The molecule has 124 valence electrons. The van der Waals surface area contributed by atoms with E-state index in [2.05, 4.69) is 10.6 Å². The Hall–Kier alpha value is -3.08. The van der Waals surface area contributed by atoms with Gasteiger partial charge in [0.15, 0.2) is 0 Å². The molecule has 2 aromatic rings. The minimum absolute atomic E-state index is 0.220. The molecule has 0 bridgehead atoms. The monoisotopic (exact) mass is 324 g/mol. The van der Waals surface area contributed by atoms with E-state index in [9.17, 15) is 9.59 Å². The summed E-state index contributed by atoms with van der Waals surface area (Å²) in [5.74, 6) is 0.143. The second kappa shape index (κ2) is 8.53. The molecule has 24 heavy (non-hydrogen) atoms. The smallest absolute Gasteiger partial charge is 0.253 e. The molecule has 0 heterocycles. The molecule has 5 nitrogen and oxygen atoms in total. The lowest BCUT2D eigenvalue weighted by molar-refractivity contribution is -0.111. The maximum Gasteiger partial charge on any atom is 0.253 e. The number of hydrogen-bond donors (Lipinski definition) is 2. The summed E-state index contributed by atoms with van der Waals surface area (Å²) in [5.41, 5.74) is 1.70. The molecule has 0 spiro atoms. The van der Waals surface area contributed by atoms with Crippen molar-refractivity contribution in [2.45, 2.75) is 6.92 Å². The van der Waals surface area contributed by atoms with Crippen LogP contribution in [0.25, 0.3) is 6.08 Å². The number of methoxy groups -OCH3 is 1. The van der Waals surface area contributed by atoms with Crippen LogP contribution in [0.5, 0.6) is 5.75 Å². The summed E-state index contributed by atoms with van der Waals surface area (Å²) in [6, 6.07) is 14.3. The fourth-order valence-electron chi connectivity index (χ4n) is 2.19. The van der Waals surface area contributed by atoms with Crippen LogP contribution < -0.4 is 15.4 Å². The van der Waals surface area contributed by atoms with Crippen molar-refractivity contribution in [3.63, 3.8) is 0 Å². The maximum absolute atomic E-state index is 12.1. The Morgan fingerprint density at radius 1 is 1.08 bits per heavy atom. The van der Waals surface area contributed by atoms with Gasteiger partial charge in [-0.25, -0.2) is 0 Å². The molecular weight excluding hydrogens is 304 g/mol. The molecule has 0 radical (unpaired) electrons. The van der Waals surface area contributed by atoms with Gasteiger partial charge in [0.25, 0.3) is 5.91 Å². The highest BCUT2D eigenvalue weighted by Gasteiger charge is 2.11. The van der Waals surface area contributed by atoms with Crippen LogP contribution in [0, 0.1) is 0 Å². The molecule has 0 unspecified atom stereocenters. The number of benzene rings is 2. The normalized spacial score (nSPS) is 10.4. The van der Waals surface area contributed by atoms with Gasteiger partial charge in [-0.05, 0) is 31.2 Å². The lowest BCUT2D eigenvalue weighted by Crippen LogP contribution is -2.24. The van der Waals surface area contributed by atoms with Gasteiger partial charge in [0.1, 0.15) is 5.75 Å². The van der Waals surface area contributed by atoms with Gasteiger partial charge in [0, 0.05) is 18.2 Å². The molecule has 2 N–H and O–H groups in total. The topological polar surface area (TPSA) is 67.4 Å². The summed E-state index contributed by atoms with van der Waals surface area (Å²) in [6.07, 6.45) is 3.08. The van der Waals surface area contributed by atoms with E-state index in [4.69, 9.17) is 4.74 Å². The third-order valence-corrected chi connectivity index (χ3v) is 3.32. The summed E-state index contributed by atoms with van der Waals surface area (Å²) in [4.78, 5) is 24.2. The molecule has 2 amide bonds. The summed E-state index contributed by atoms with van der Waals surface area (Å²) in [7, 11) is 1.58. The average molecular weight is 324 g/mol. The number of hydrogen-bond acceptors (Lipinski definition) is 3. The van der Waals surface area contributed by atoms with Gasteiger partial charge in [0.2, 0.25) is 5.91 Å². The molecular formula is C19H20N2O3. The van der Waals surface area contributed by atoms with Crippen LogP contribution in [0.3, 0.4) is 0 Å². The van der Waals surface area contributed by atoms with Crippen LogP contribution in [0.15, 0.2) is 54.6 Å². The van der Waals surface area contributed by atoms with E-state index >= 15 is 0 Å². The predicted molar refractivity (Wildman–Crippen MR) is 95.1 cm³/mol. The van der Waals surface area contributed by atoms with Crippen molar-refractivity contribution in [1.29, 1.82) is 0 Å². The molecule has 0 atom stereocenters. The van der Waals surface area contributed by atoms with Crippen LogP contribution in [-0.2, 0) is 4.79 Å². The van der Waals surface area contributed by atoms with Gasteiger partial charge in [-0.2, -0.15) is 0 Å². The highest BCUT2D eigenvalue weighted by atomic mass is 16.5. The van der Waals surface area contributed by atoms with Crippen LogP contribution >= 0.6 is 0 Å². The number of carbonyl (C=O) groups excluding carboxylic acids is 2. The second-order valence-electron chi connectivity index (χ2n) is 4.97. The quantitative estimate of drug-likeness (QED) is 0.802. The van der Waals surface area contributed by atoms with Crippen molar-refractivity contribution in [2.24, 2.45) is 0 Å². The summed E-state index contributed by atoms with van der Waals surface area (Å²) < 4.78 is 5.24. The van der Waals surface area contributed by atoms with Crippen LogP contribution in [0.1, 0.15) is 22.8 Å². The van der Waals surface area contributed by atoms with Gasteiger partial charge in [-0.1, -0.05) is 30.3 Å². The molecule has 0 aromatic heterocycles. The van der Waals surface area contributed by atoms with Crippen LogP contribution in [0.4, 0.5) is 5.69 Å². The highest BCUT2D eigenvalue weighted by Crippen LogP contribution is 2.19. The van der Waals surface area contributed by atoms with Gasteiger partial charge >= 0.3 is 0 Å². The molecule has 0 aliphatic heterocycles. The SMILES string of the molecule is CCNC(=O)c1ccccc1NC(=O)/C=C/c1ccccc1OC. The third-order valence-electron chi connectivity index (χ3n) is 3.32. The van der Waals surface area contributed by atoms with Crippen LogP contribution in [0.2, 0.25) is 0 Å². The molecule has 0 saturated carbocycles. The molecule has 2 aromatic carbocycles. The zero-order chi connectivity index (χ0) is 17.4. The van der Waals surface area contributed by atoms with Gasteiger partial charge in [-0.15, -0.1) is 0 Å². The Morgan fingerprint density at radius 2 is 1.79 bits per heavy atom. The van der Waals surface area contributed by atoms with E-state index in [0.29, 0.717) is 23.5 Å². The summed E-state index contributed by atoms with van der Waals surface area (Å²) in [6.45, 7) is 2.36. The van der Waals surface area contributed by atoms with E-state index in [1.165, 1.54) is 6.08 Å². The Morgan fingerprint density at radius 3 is 2.54 bits per heavy atom. The van der Waals surface area contributed by atoms with Crippen molar-refractivity contribution in [3.8, 4) is 5.75 Å². The molecule has 0 saturated heterocycles. The summed E-state index contributed by atoms with van der Waals surface area (Å²) >= 11 is 0. The summed E-state index contributed by atoms with van der Waals surface area (Å²) in [5, 5.41) is 5.45. The van der Waals surface area contributed by atoms with Crippen molar-refractivity contribution in [1.82, 2.24) is 5.32 Å². The minimum atomic E-state index is -0.322. The lowest BCUT2D eigenvalue weighted by Gasteiger charge is -2.09. The number of nitrogens with one attached hydrogen (secondary N) is 2. The van der Waals surface area contributed by atoms with E-state index in [-0.39, 0.29) is 11.8 Å². The first-order chi connectivity index (χ1) is 11.7. The predicted octanol–water partition coefficient (Wildman–Crippen LogP) is 3.10. The van der Waals surface area contributed by atoms with Crippen molar-refractivity contribution >= 4 is 23.6 Å². The average Bonchev–Trinajstić information content (AvgIpc) is 2.61. The zero-order valence-electron chi connectivity index (χ0n) is 13.7. The maximum atomic E-state index is 12.1. The number of para-hydroxylation sites is 2. The molecule has 0 aliphatic carbocycles. The number of ether oxygens (including phenoxy) is 1. The highest BCUT2D eigenvalue weighted by molar-refractivity contribution is 6.07. The zero-order valence-corrected chi connectivity index (χ0v) is 13.7. The van der Waals surface area contributed by atoms with E-state index < -0.39 is 0 Å². The van der Waals surface area contributed by atoms with Gasteiger partial charge in [0.05, 0.1) is 18.4 Å². The Balaban J connectivity index is 2.13. The number of rotatable bonds is 6. The van der Waals surface area contributed by atoms with Crippen molar-refractivity contribution < 1.29 is 14.3 Å². The molecule has 0 aliphatic rings. The van der Waals surface area contributed by atoms with E-state index in [0.717, 1.165) is 5.56 Å². The molecule has 5 heteroatoms. The van der Waals surface area contributed by atoms with E-state index in [1.54, 1.807) is 37.5 Å². The van der Waals surface area contributed by atoms with Crippen LogP contribution in [-0.4, -0.2) is 25.5 Å². The Labute approximate surface area is 141 Å². The molecule has 2 rings (SSSR count). The fraction of sp³-hybridized carbons (Fsp3) is 0.158. The first-order valence-electron chi connectivity index (χ1n) is 7.65. The van der Waals surface area contributed by atoms with Gasteiger partial charge in [-0.3, -0.25) is 9.59 Å². The minimum Gasteiger partial charge on any atom is -0.496 e. The second-order valence-corrected chi connectivity index (χ2v) is 4.97. The fourth-order valence-corrected chi connectivity index (χ4v) is 2.19. The first kappa shape index (κ1) is 17.3. The van der Waals surface area contributed by atoms with Gasteiger partial charge < -0.3 is 15.4 Å². The lowest BCUT2D eigenvalue weighted by atomic mass is 10.1. The number of amides is 2. The van der Waals surface area contributed by atoms with Crippen molar-refractivity contribution in [3.05, 3.63) is 65.7 Å². The van der Waals surface area contributed by atoms with E-state index in [1.807, 2.05) is 31.2 Å². The molecule has 0 fully saturated rings. The standard InChI is InChI=1S/C19H20N2O3/c1-3-20-19(23)15-9-5-6-10-16(15)21-18(22)13-12-14-8-4-7-11-17(14)24-2/h4-13H,3H2,1-2H3,(H,20,23)(H,21,22)/b13-12+. The Bertz CT molecular complexity index is 754. The number of anilines is 1.